The van der Waals surface area contributed by atoms with Crippen LogP contribution >= 0.6 is 35.6 Å². The molecule has 1 fully saturated rings. The number of piperazine rings is 1. The van der Waals surface area contributed by atoms with Crippen molar-refractivity contribution in [2.45, 2.75) is 20.3 Å². The number of aromatic nitrogens is 3. The van der Waals surface area contributed by atoms with E-state index in [4.69, 9.17) is 16.6 Å². The molecule has 4 rings (SSSR count). The highest BCUT2D eigenvalue weighted by atomic mass is 127. The molecule has 9 heteroatoms. The van der Waals surface area contributed by atoms with E-state index in [1.54, 1.807) is 0 Å². The number of hydrogen-bond donors (Lipinski definition) is 1. The summed E-state index contributed by atoms with van der Waals surface area (Å²) >= 11 is 6.21. The van der Waals surface area contributed by atoms with Gasteiger partial charge in [-0.1, -0.05) is 23.7 Å². The summed E-state index contributed by atoms with van der Waals surface area (Å²) in [6.45, 7) is 9.49. The molecular formula is C22H29ClIN7. The second-order valence-electron chi connectivity index (χ2n) is 7.44. The molecule has 0 atom stereocenters. The van der Waals surface area contributed by atoms with Gasteiger partial charge in [-0.3, -0.25) is 9.39 Å². The van der Waals surface area contributed by atoms with Gasteiger partial charge >= 0.3 is 0 Å². The van der Waals surface area contributed by atoms with E-state index >= 15 is 0 Å². The van der Waals surface area contributed by atoms with Crippen molar-refractivity contribution in [3.05, 3.63) is 59.0 Å². The van der Waals surface area contributed by atoms with Crippen LogP contribution in [0.5, 0.6) is 0 Å². The number of benzene rings is 1. The molecule has 0 amide bonds. The Hall–Kier alpha value is -2.07. The molecule has 166 valence electrons. The average Bonchev–Trinajstić information content (AvgIpc) is 3.18. The smallest absolute Gasteiger partial charge is 0.194 e. The van der Waals surface area contributed by atoms with Crippen LogP contribution in [0.3, 0.4) is 0 Å². The summed E-state index contributed by atoms with van der Waals surface area (Å²) in [6, 6.07) is 12.0. The molecule has 3 aromatic rings. The highest BCUT2D eigenvalue weighted by molar-refractivity contribution is 14.0. The normalized spacial score (nSPS) is 14.6. The van der Waals surface area contributed by atoms with Crippen molar-refractivity contribution in [2.75, 3.05) is 44.2 Å². The van der Waals surface area contributed by atoms with Crippen LogP contribution in [-0.4, -0.2) is 64.7 Å². The second-order valence-corrected chi connectivity index (χ2v) is 7.87. The van der Waals surface area contributed by atoms with E-state index < -0.39 is 0 Å². The maximum Gasteiger partial charge on any atom is 0.194 e. The molecule has 1 saturated heterocycles. The van der Waals surface area contributed by atoms with Crippen LogP contribution in [-0.2, 0) is 6.42 Å². The van der Waals surface area contributed by atoms with E-state index in [0.717, 1.165) is 61.6 Å². The summed E-state index contributed by atoms with van der Waals surface area (Å²) in [6.07, 6.45) is 2.75. The number of aryl methyl sites for hydroxylation is 1. The van der Waals surface area contributed by atoms with Gasteiger partial charge in [0.1, 0.15) is 5.82 Å². The molecule has 1 aliphatic rings. The maximum atomic E-state index is 6.21. The van der Waals surface area contributed by atoms with Crippen molar-refractivity contribution in [1.82, 2.24) is 24.8 Å². The third-order valence-corrected chi connectivity index (χ3v) is 5.64. The summed E-state index contributed by atoms with van der Waals surface area (Å²) in [5.41, 5.74) is 3.35. The molecule has 0 bridgehead atoms. The van der Waals surface area contributed by atoms with E-state index in [1.165, 1.54) is 11.3 Å². The third-order valence-electron chi connectivity index (χ3n) is 5.41. The van der Waals surface area contributed by atoms with Crippen LogP contribution in [0.25, 0.3) is 5.65 Å². The quantitative estimate of drug-likeness (QED) is 0.297. The Morgan fingerprint density at radius 1 is 1.13 bits per heavy atom. The summed E-state index contributed by atoms with van der Waals surface area (Å²) < 4.78 is 2.02. The Morgan fingerprint density at radius 2 is 1.94 bits per heavy atom. The van der Waals surface area contributed by atoms with E-state index in [0.29, 0.717) is 6.54 Å². The topological polar surface area (TPSA) is 61.1 Å². The fourth-order valence-corrected chi connectivity index (χ4v) is 4.00. The predicted octanol–water partition coefficient (Wildman–Crippen LogP) is 3.64. The van der Waals surface area contributed by atoms with Crippen LogP contribution in [0.1, 0.15) is 18.3 Å². The number of rotatable bonds is 5. The van der Waals surface area contributed by atoms with Crippen LogP contribution in [0, 0.1) is 6.92 Å². The van der Waals surface area contributed by atoms with Gasteiger partial charge in [-0.2, -0.15) is 0 Å². The lowest BCUT2D eigenvalue weighted by molar-refractivity contribution is 0.372. The minimum atomic E-state index is 0. The Kier molecular flexibility index (Phi) is 8.36. The van der Waals surface area contributed by atoms with Crippen molar-refractivity contribution in [2.24, 2.45) is 4.99 Å². The van der Waals surface area contributed by atoms with Gasteiger partial charge in [-0.25, -0.2) is 0 Å². The van der Waals surface area contributed by atoms with Crippen LogP contribution in [0.4, 0.5) is 5.69 Å². The van der Waals surface area contributed by atoms with Gasteiger partial charge < -0.3 is 15.1 Å². The van der Waals surface area contributed by atoms with Gasteiger partial charge in [0, 0.05) is 62.6 Å². The van der Waals surface area contributed by atoms with E-state index in [9.17, 15) is 0 Å². The van der Waals surface area contributed by atoms with E-state index in [1.807, 2.05) is 34.9 Å². The Bertz CT molecular complexity index is 1030. The SMILES string of the molecule is CCNC(=NCCc1nnc2ccccn12)N1CCN(c2cc(Cl)ccc2C)CC1.I. The molecule has 0 unspecified atom stereocenters. The molecule has 0 aliphatic carbocycles. The zero-order valence-corrected chi connectivity index (χ0v) is 21.0. The van der Waals surface area contributed by atoms with Crippen molar-refractivity contribution in [3.63, 3.8) is 0 Å². The number of aliphatic imine (C=N–C) groups is 1. The minimum Gasteiger partial charge on any atom is -0.368 e. The lowest BCUT2D eigenvalue weighted by Gasteiger charge is -2.38. The zero-order chi connectivity index (χ0) is 20.9. The fourth-order valence-electron chi connectivity index (χ4n) is 3.83. The Balaban J connectivity index is 0.00000272. The van der Waals surface area contributed by atoms with Gasteiger partial charge in [0.2, 0.25) is 0 Å². The molecule has 0 saturated carbocycles. The minimum absolute atomic E-state index is 0. The van der Waals surface area contributed by atoms with Crippen molar-refractivity contribution in [3.8, 4) is 0 Å². The number of hydrogen-bond acceptors (Lipinski definition) is 4. The molecule has 2 aromatic heterocycles. The summed E-state index contributed by atoms with van der Waals surface area (Å²) in [4.78, 5) is 9.60. The third kappa shape index (κ3) is 5.60. The van der Waals surface area contributed by atoms with Gasteiger partial charge in [0.25, 0.3) is 0 Å². The summed E-state index contributed by atoms with van der Waals surface area (Å²) in [5.74, 6) is 1.90. The van der Waals surface area contributed by atoms with Crippen molar-refractivity contribution < 1.29 is 0 Å². The average molecular weight is 554 g/mol. The first-order valence-corrected chi connectivity index (χ1v) is 10.9. The number of fused-ring (bicyclic) bond motifs is 1. The van der Waals surface area contributed by atoms with Gasteiger partial charge in [0.15, 0.2) is 11.6 Å². The first-order valence-electron chi connectivity index (χ1n) is 10.5. The molecule has 3 heterocycles. The first-order chi connectivity index (χ1) is 14.7. The molecule has 1 aliphatic heterocycles. The van der Waals surface area contributed by atoms with E-state index in [2.05, 4.69) is 51.3 Å². The number of anilines is 1. The monoisotopic (exact) mass is 553 g/mol. The standard InChI is InChI=1S/C22H28ClN7.HI/c1-3-24-22(25-10-9-21-27-26-20-6-4-5-11-30(20)21)29-14-12-28(13-15-29)19-16-18(23)8-7-17(19)2;/h4-8,11,16H,3,9-10,12-15H2,1-2H3,(H,24,25);1H. The number of nitrogens with zero attached hydrogens (tertiary/aromatic N) is 6. The molecule has 1 aromatic carbocycles. The molecular weight excluding hydrogens is 525 g/mol. The number of halogens is 2. The molecule has 1 N–H and O–H groups in total. The van der Waals surface area contributed by atoms with E-state index in [-0.39, 0.29) is 24.0 Å². The number of nitrogens with one attached hydrogen (secondary N) is 1. The fraction of sp³-hybridized carbons (Fsp3) is 0.409. The van der Waals surface area contributed by atoms with Crippen LogP contribution in [0.2, 0.25) is 5.02 Å². The maximum absolute atomic E-state index is 6.21. The van der Waals surface area contributed by atoms with Crippen molar-refractivity contribution >= 4 is 52.9 Å². The van der Waals surface area contributed by atoms with Gasteiger partial charge in [0.05, 0.1) is 0 Å². The number of guanidine groups is 1. The lowest BCUT2D eigenvalue weighted by atomic mass is 10.1. The Labute approximate surface area is 205 Å². The van der Waals surface area contributed by atoms with Crippen LogP contribution < -0.4 is 10.2 Å². The lowest BCUT2D eigenvalue weighted by Crippen LogP contribution is -2.52. The van der Waals surface area contributed by atoms with Gasteiger partial charge in [-0.15, -0.1) is 34.2 Å². The highest BCUT2D eigenvalue weighted by Crippen LogP contribution is 2.25. The van der Waals surface area contributed by atoms with Crippen molar-refractivity contribution in [1.29, 1.82) is 0 Å². The zero-order valence-electron chi connectivity index (χ0n) is 18.0. The summed E-state index contributed by atoms with van der Waals surface area (Å²) in [7, 11) is 0. The molecule has 7 nitrogen and oxygen atoms in total. The van der Waals surface area contributed by atoms with Gasteiger partial charge in [-0.05, 0) is 43.7 Å². The molecule has 0 radical (unpaired) electrons. The molecule has 0 spiro atoms. The summed E-state index contributed by atoms with van der Waals surface area (Å²) in [5, 5.41) is 12.7. The first kappa shape index (κ1) is 23.6. The van der Waals surface area contributed by atoms with Crippen LogP contribution in [0.15, 0.2) is 47.6 Å². The predicted molar refractivity (Wildman–Crippen MR) is 138 cm³/mol. The molecule has 31 heavy (non-hydrogen) atoms. The highest BCUT2D eigenvalue weighted by Gasteiger charge is 2.21. The second kappa shape index (κ2) is 11.0. The largest absolute Gasteiger partial charge is 0.368 e. The Morgan fingerprint density at radius 3 is 2.71 bits per heavy atom. The number of pyridine rings is 1.